The summed E-state index contributed by atoms with van der Waals surface area (Å²) in [4.78, 5) is 10.1. The molecule has 2 aliphatic rings. The van der Waals surface area contributed by atoms with E-state index in [1.807, 2.05) is 18.3 Å². The third kappa shape index (κ3) is 3.61. The third-order valence-electron chi connectivity index (χ3n) is 10.8. The van der Waals surface area contributed by atoms with Gasteiger partial charge in [-0.15, -0.1) is 0 Å². The largest absolute Gasteiger partial charge is 0.457 e. The number of hydrogen-bond donors (Lipinski definition) is 0. The maximum absolute atomic E-state index is 6.88. The molecule has 0 spiro atoms. The Morgan fingerprint density at radius 1 is 0.520 bits per heavy atom. The Bertz CT molecular complexity index is 2890. The number of nitrogens with zero attached hydrogens (tertiary/aromatic N) is 4. The quantitative estimate of drug-likeness (QED) is 0.179. The van der Waals surface area contributed by atoms with E-state index in [1.165, 1.54) is 22.3 Å². The molecule has 3 aromatic heterocycles. The molecule has 0 atom stereocenters. The zero-order valence-electron chi connectivity index (χ0n) is 27.6. The van der Waals surface area contributed by atoms with Crippen LogP contribution in [0.3, 0.4) is 0 Å². The molecule has 1 aliphatic carbocycles. The molecule has 11 rings (SSSR count). The Labute approximate surface area is 288 Å². The summed E-state index contributed by atoms with van der Waals surface area (Å²) in [5, 5.41) is 0. The Hall–Kier alpha value is -6.46. The van der Waals surface area contributed by atoms with Gasteiger partial charge in [-0.25, -0.2) is 4.98 Å². The average Bonchev–Trinajstić information content (AvgIpc) is 3.69. The summed E-state index contributed by atoms with van der Waals surface area (Å²) in [6.45, 7) is 4.63. The molecule has 1 aliphatic heterocycles. The molecule has 0 saturated carbocycles. The number of rotatable bonds is 1. The average molecular weight is 643 g/mol. The molecule has 0 bridgehead atoms. The number of fused-ring (bicyclic) bond motifs is 15. The molecule has 5 heteroatoms. The summed E-state index contributed by atoms with van der Waals surface area (Å²) in [7, 11) is 0. The van der Waals surface area contributed by atoms with Crippen LogP contribution in [0.5, 0.6) is 11.5 Å². The molecule has 50 heavy (non-hydrogen) atoms. The Morgan fingerprint density at radius 2 is 1.14 bits per heavy atom. The van der Waals surface area contributed by atoms with E-state index < -0.39 is 0 Å². The molecule has 4 heterocycles. The topological polar surface area (TPSA) is 44.4 Å². The van der Waals surface area contributed by atoms with E-state index >= 15 is 0 Å². The van der Waals surface area contributed by atoms with Crippen molar-refractivity contribution in [1.29, 1.82) is 0 Å². The first-order valence-corrected chi connectivity index (χ1v) is 17.1. The molecule has 0 fully saturated rings. The molecule has 236 valence electrons. The molecule has 0 amide bonds. The van der Waals surface area contributed by atoms with Gasteiger partial charge in [0.25, 0.3) is 0 Å². The zero-order valence-corrected chi connectivity index (χ0v) is 27.6. The molecule has 0 unspecified atom stereocenters. The lowest BCUT2D eigenvalue weighted by Gasteiger charge is -2.36. The number of para-hydroxylation sites is 4. The van der Waals surface area contributed by atoms with Crippen LogP contribution >= 0.6 is 0 Å². The van der Waals surface area contributed by atoms with E-state index in [4.69, 9.17) is 14.7 Å². The molecule has 0 radical (unpaired) electrons. The molecule has 9 aromatic rings. The fraction of sp³-hybridized carbons (Fsp3) is 0.0667. The molecule has 6 aromatic carbocycles. The smallest absolute Gasteiger partial charge is 0.220 e. The first-order valence-electron chi connectivity index (χ1n) is 17.1. The highest BCUT2D eigenvalue weighted by atomic mass is 16.5. The van der Waals surface area contributed by atoms with Crippen molar-refractivity contribution in [3.63, 3.8) is 0 Å². The first kappa shape index (κ1) is 27.5. The van der Waals surface area contributed by atoms with Crippen molar-refractivity contribution < 1.29 is 4.74 Å². The van der Waals surface area contributed by atoms with E-state index in [9.17, 15) is 0 Å². The van der Waals surface area contributed by atoms with Gasteiger partial charge in [0.05, 0.1) is 27.8 Å². The molecule has 5 nitrogen and oxygen atoms in total. The number of pyridine rings is 1. The van der Waals surface area contributed by atoms with Gasteiger partial charge >= 0.3 is 0 Å². The van der Waals surface area contributed by atoms with E-state index in [0.29, 0.717) is 0 Å². The summed E-state index contributed by atoms with van der Waals surface area (Å²) >= 11 is 0. The van der Waals surface area contributed by atoms with Crippen LogP contribution in [0.4, 0.5) is 0 Å². The number of aromatic nitrogens is 4. The van der Waals surface area contributed by atoms with Gasteiger partial charge in [0.1, 0.15) is 11.5 Å². The SMILES string of the molecule is CC1(C)c2cc(-n3c4ccccc4n4c5ccccc5nc34)ccc2Oc2cc3c(cc21)-c1ccccc1-c1ncccc1-c1ccccc1-3. The second-order valence-electron chi connectivity index (χ2n) is 13.9. The van der Waals surface area contributed by atoms with Gasteiger partial charge in [-0.05, 0) is 88.5 Å². The lowest BCUT2D eigenvalue weighted by Crippen LogP contribution is -2.25. The van der Waals surface area contributed by atoms with Crippen LogP contribution in [0, 0.1) is 0 Å². The zero-order chi connectivity index (χ0) is 33.1. The van der Waals surface area contributed by atoms with Gasteiger partial charge in [0, 0.05) is 39.6 Å². The van der Waals surface area contributed by atoms with Crippen molar-refractivity contribution in [2.45, 2.75) is 19.3 Å². The predicted molar refractivity (Wildman–Crippen MR) is 201 cm³/mol. The number of hydrogen-bond acceptors (Lipinski definition) is 3. The van der Waals surface area contributed by atoms with E-state index in [2.05, 4.69) is 150 Å². The second-order valence-corrected chi connectivity index (χ2v) is 13.9. The van der Waals surface area contributed by atoms with Gasteiger partial charge in [-0.3, -0.25) is 14.0 Å². The van der Waals surface area contributed by atoms with Gasteiger partial charge in [-0.1, -0.05) is 92.7 Å². The van der Waals surface area contributed by atoms with Crippen molar-refractivity contribution in [2.75, 3.05) is 0 Å². The summed E-state index contributed by atoms with van der Waals surface area (Å²) in [5.41, 5.74) is 16.4. The van der Waals surface area contributed by atoms with Gasteiger partial charge in [-0.2, -0.15) is 0 Å². The minimum Gasteiger partial charge on any atom is -0.457 e. The number of ether oxygens (including phenoxy) is 1. The normalized spacial score (nSPS) is 13.7. The lowest BCUT2D eigenvalue weighted by atomic mass is 9.73. The minimum atomic E-state index is -0.361. The summed E-state index contributed by atoms with van der Waals surface area (Å²) in [5.74, 6) is 2.66. The van der Waals surface area contributed by atoms with Crippen molar-refractivity contribution >= 4 is 27.8 Å². The molecule has 0 saturated heterocycles. The molecular formula is C45H30N4O. The van der Waals surface area contributed by atoms with Gasteiger partial charge < -0.3 is 4.74 Å². The summed E-state index contributed by atoms with van der Waals surface area (Å²) in [6.07, 6.45) is 1.90. The van der Waals surface area contributed by atoms with Crippen LogP contribution in [-0.4, -0.2) is 18.9 Å². The summed E-state index contributed by atoms with van der Waals surface area (Å²) < 4.78 is 11.4. The molecular weight excluding hydrogens is 613 g/mol. The van der Waals surface area contributed by atoms with Crippen molar-refractivity contribution in [3.8, 4) is 61.8 Å². The van der Waals surface area contributed by atoms with Gasteiger partial charge in [0.15, 0.2) is 0 Å². The van der Waals surface area contributed by atoms with E-state index in [-0.39, 0.29) is 5.41 Å². The van der Waals surface area contributed by atoms with Crippen LogP contribution in [-0.2, 0) is 5.41 Å². The highest BCUT2D eigenvalue weighted by Crippen LogP contribution is 2.54. The van der Waals surface area contributed by atoms with E-state index in [1.54, 1.807) is 0 Å². The number of benzene rings is 6. The maximum atomic E-state index is 6.88. The Kier molecular flexibility index (Phi) is 5.39. The number of imidazole rings is 2. The third-order valence-corrected chi connectivity index (χ3v) is 10.8. The minimum absolute atomic E-state index is 0.361. The van der Waals surface area contributed by atoms with Crippen LogP contribution < -0.4 is 4.74 Å². The Morgan fingerprint density at radius 3 is 1.96 bits per heavy atom. The standard InChI is InChI=1S/C45H30N4O/c1-45(2)35-24-27(48-39-19-9-10-20-40(39)49-38-18-8-7-17-37(38)47-44(48)49)21-22-41(35)50-42-26-34-29-13-4-3-12-28(29)32-16-11-23-46-43(32)31-15-6-5-14-30(31)33(34)25-36(42)45/h3-26H,1-2H3. The maximum Gasteiger partial charge on any atom is 0.220 e. The fourth-order valence-corrected chi connectivity index (χ4v) is 8.42. The highest BCUT2D eigenvalue weighted by Gasteiger charge is 2.37. The van der Waals surface area contributed by atoms with Crippen LogP contribution in [0.15, 0.2) is 146 Å². The van der Waals surface area contributed by atoms with Gasteiger partial charge in [0.2, 0.25) is 5.78 Å². The molecule has 0 N–H and O–H groups in total. The van der Waals surface area contributed by atoms with Crippen molar-refractivity contribution in [1.82, 2.24) is 18.9 Å². The summed E-state index contributed by atoms with van der Waals surface area (Å²) in [6, 6.07) is 49.7. The highest BCUT2D eigenvalue weighted by molar-refractivity contribution is 6.03. The van der Waals surface area contributed by atoms with Crippen LogP contribution in [0.1, 0.15) is 25.0 Å². The fourth-order valence-electron chi connectivity index (χ4n) is 8.42. The van der Waals surface area contributed by atoms with E-state index in [0.717, 1.165) is 78.5 Å². The lowest BCUT2D eigenvalue weighted by molar-refractivity contribution is 0.418. The second kappa shape index (κ2) is 9.80. The van der Waals surface area contributed by atoms with Crippen LogP contribution in [0.25, 0.3) is 78.2 Å². The van der Waals surface area contributed by atoms with Crippen LogP contribution in [0.2, 0.25) is 0 Å². The first-order chi connectivity index (χ1) is 24.6. The monoisotopic (exact) mass is 642 g/mol. The predicted octanol–water partition coefficient (Wildman–Crippen LogP) is 11.2. The van der Waals surface area contributed by atoms with Crippen molar-refractivity contribution in [3.05, 3.63) is 157 Å². The Balaban J connectivity index is 1.14. The van der Waals surface area contributed by atoms with Crippen molar-refractivity contribution in [2.24, 2.45) is 0 Å².